The second kappa shape index (κ2) is 9.47. The van der Waals surface area contributed by atoms with E-state index < -0.39 is 9.75 Å². The molecule has 8 heteroatoms. The molecule has 1 N–H and O–H groups in total. The zero-order valence-corrected chi connectivity index (χ0v) is 17.7. The van der Waals surface area contributed by atoms with E-state index in [9.17, 15) is 20.0 Å². The normalized spacial score (nSPS) is 18.9. The number of rotatable bonds is 7. The van der Waals surface area contributed by atoms with E-state index >= 15 is 0 Å². The lowest BCUT2D eigenvalue weighted by Gasteiger charge is -2.33. The SMILES string of the molecule is CN(C(=O)C(Br)c1ccc([N+](=O)[O-])cc1)C(CN1CCC(O)C1)c1ccccc1. The number of β-amino-alcohol motifs (C(OH)–C–C–N with tert-alkyl or cyclic N) is 1. The van der Waals surface area contributed by atoms with Crippen LogP contribution in [-0.2, 0) is 4.79 Å². The van der Waals surface area contributed by atoms with E-state index in [4.69, 9.17) is 0 Å². The van der Waals surface area contributed by atoms with Crippen LogP contribution in [0.1, 0.15) is 28.4 Å². The zero-order valence-electron chi connectivity index (χ0n) is 16.1. The van der Waals surface area contributed by atoms with E-state index in [0.717, 1.165) is 18.5 Å². The van der Waals surface area contributed by atoms with Gasteiger partial charge in [-0.3, -0.25) is 19.8 Å². The summed E-state index contributed by atoms with van der Waals surface area (Å²) >= 11 is 3.46. The van der Waals surface area contributed by atoms with E-state index in [0.29, 0.717) is 18.7 Å². The van der Waals surface area contributed by atoms with E-state index in [2.05, 4.69) is 20.8 Å². The predicted molar refractivity (Wildman–Crippen MR) is 114 cm³/mol. The summed E-state index contributed by atoms with van der Waals surface area (Å²) in [6.45, 7) is 2.03. The van der Waals surface area contributed by atoms with Gasteiger partial charge in [-0.05, 0) is 17.5 Å². The molecule has 1 saturated heterocycles. The lowest BCUT2D eigenvalue weighted by Crippen LogP contribution is -2.40. The number of hydrogen-bond donors (Lipinski definition) is 1. The Morgan fingerprint density at radius 2 is 1.90 bits per heavy atom. The number of nitro groups is 1. The maximum atomic E-state index is 13.2. The van der Waals surface area contributed by atoms with Gasteiger partial charge in [-0.15, -0.1) is 0 Å². The fraction of sp³-hybridized carbons (Fsp3) is 0.381. The number of halogens is 1. The molecule has 1 amide bonds. The standard InChI is InChI=1S/C21H24BrN3O4/c1-23(21(27)20(22)16-7-9-17(10-8-16)25(28)29)19(15-5-3-2-4-6-15)14-24-12-11-18(26)13-24/h2-10,18-20,26H,11-14H2,1H3. The van der Waals surface area contributed by atoms with Gasteiger partial charge in [-0.1, -0.05) is 58.4 Å². The maximum absolute atomic E-state index is 13.2. The van der Waals surface area contributed by atoms with Gasteiger partial charge < -0.3 is 10.0 Å². The highest BCUT2D eigenvalue weighted by atomic mass is 79.9. The van der Waals surface area contributed by atoms with Crippen LogP contribution in [0, 0.1) is 10.1 Å². The van der Waals surface area contributed by atoms with Gasteiger partial charge in [0.15, 0.2) is 0 Å². The number of carbonyl (C=O) groups is 1. The van der Waals surface area contributed by atoms with Crippen molar-refractivity contribution in [3.05, 3.63) is 75.8 Å². The summed E-state index contributed by atoms with van der Waals surface area (Å²) in [5.41, 5.74) is 1.67. The van der Waals surface area contributed by atoms with Crippen LogP contribution in [0.3, 0.4) is 0 Å². The first-order valence-corrected chi connectivity index (χ1v) is 10.4. The molecule has 3 atom stereocenters. The number of likely N-dealkylation sites (N-methyl/N-ethyl adjacent to an activating group) is 1. The lowest BCUT2D eigenvalue weighted by atomic mass is 10.0. The van der Waals surface area contributed by atoms with Crippen LogP contribution in [0.5, 0.6) is 0 Å². The molecule has 0 spiro atoms. The minimum atomic E-state index is -0.608. The number of carbonyl (C=O) groups excluding carboxylic acids is 1. The first kappa shape index (κ1) is 21.4. The summed E-state index contributed by atoms with van der Waals surface area (Å²) in [5.74, 6) is -0.132. The molecule has 0 saturated carbocycles. The Hall–Kier alpha value is -2.29. The molecular formula is C21H24BrN3O4. The average Bonchev–Trinajstić information content (AvgIpc) is 3.16. The molecule has 1 heterocycles. The van der Waals surface area contributed by atoms with Crippen molar-refractivity contribution >= 4 is 27.5 Å². The fourth-order valence-corrected chi connectivity index (χ4v) is 4.22. The molecule has 7 nitrogen and oxygen atoms in total. The number of alkyl halides is 1. The summed E-state index contributed by atoms with van der Waals surface area (Å²) < 4.78 is 0. The molecule has 0 aromatic heterocycles. The minimum absolute atomic E-state index is 0.0102. The molecule has 3 rings (SSSR count). The van der Waals surface area contributed by atoms with E-state index in [-0.39, 0.29) is 23.7 Å². The van der Waals surface area contributed by atoms with E-state index in [1.54, 1.807) is 24.1 Å². The van der Waals surface area contributed by atoms with Crippen LogP contribution in [0.25, 0.3) is 0 Å². The van der Waals surface area contributed by atoms with Gasteiger partial charge in [-0.25, -0.2) is 0 Å². The zero-order chi connectivity index (χ0) is 21.0. The van der Waals surface area contributed by atoms with Gasteiger partial charge >= 0.3 is 0 Å². The van der Waals surface area contributed by atoms with E-state index in [1.165, 1.54) is 12.1 Å². The van der Waals surface area contributed by atoms with Gasteiger partial charge in [0.2, 0.25) is 5.91 Å². The molecule has 154 valence electrons. The highest BCUT2D eigenvalue weighted by Crippen LogP contribution is 2.31. The van der Waals surface area contributed by atoms with Crippen molar-refractivity contribution in [1.29, 1.82) is 0 Å². The predicted octanol–water partition coefficient (Wildman–Crippen LogP) is 3.30. The molecule has 2 aromatic rings. The van der Waals surface area contributed by atoms with Gasteiger partial charge in [0.25, 0.3) is 5.69 Å². The van der Waals surface area contributed by atoms with Crippen LogP contribution in [-0.4, -0.2) is 58.5 Å². The molecule has 0 bridgehead atoms. The Kier molecular flexibility index (Phi) is 7.00. The van der Waals surface area contributed by atoms with Crippen LogP contribution < -0.4 is 0 Å². The monoisotopic (exact) mass is 461 g/mol. The Balaban J connectivity index is 1.79. The third kappa shape index (κ3) is 5.20. The molecule has 0 aliphatic carbocycles. The van der Waals surface area contributed by atoms with Crippen LogP contribution >= 0.6 is 15.9 Å². The Morgan fingerprint density at radius 1 is 1.24 bits per heavy atom. The van der Waals surface area contributed by atoms with Crippen LogP contribution in [0.4, 0.5) is 5.69 Å². The molecule has 1 fully saturated rings. The highest BCUT2D eigenvalue weighted by molar-refractivity contribution is 9.09. The fourth-order valence-electron chi connectivity index (χ4n) is 3.59. The average molecular weight is 462 g/mol. The smallest absolute Gasteiger partial charge is 0.269 e. The summed E-state index contributed by atoms with van der Waals surface area (Å²) in [6, 6.07) is 15.6. The number of aliphatic hydroxyl groups is 1. The first-order valence-electron chi connectivity index (χ1n) is 9.47. The third-order valence-corrected chi connectivity index (χ3v) is 6.21. The quantitative estimate of drug-likeness (QED) is 0.388. The second-order valence-corrected chi connectivity index (χ2v) is 8.20. The molecular weight excluding hydrogens is 438 g/mol. The van der Waals surface area contributed by atoms with Crippen molar-refractivity contribution in [2.45, 2.75) is 23.4 Å². The molecule has 1 aliphatic heterocycles. The molecule has 0 radical (unpaired) electrons. The number of hydrogen-bond acceptors (Lipinski definition) is 5. The Morgan fingerprint density at radius 3 is 2.45 bits per heavy atom. The number of amides is 1. The summed E-state index contributed by atoms with van der Waals surface area (Å²) in [4.78, 5) is 26.9. The van der Waals surface area contributed by atoms with Crippen molar-refractivity contribution in [3.8, 4) is 0 Å². The molecule has 29 heavy (non-hydrogen) atoms. The largest absolute Gasteiger partial charge is 0.392 e. The lowest BCUT2D eigenvalue weighted by molar-refractivity contribution is -0.384. The molecule has 3 unspecified atom stereocenters. The number of likely N-dealkylation sites (tertiary alicyclic amines) is 1. The number of benzene rings is 2. The summed E-state index contributed by atoms with van der Waals surface area (Å²) in [5, 5.41) is 20.7. The van der Waals surface area contributed by atoms with Gasteiger partial charge in [-0.2, -0.15) is 0 Å². The van der Waals surface area contributed by atoms with Crippen LogP contribution in [0.15, 0.2) is 54.6 Å². The second-order valence-electron chi connectivity index (χ2n) is 7.29. The van der Waals surface area contributed by atoms with Gasteiger partial charge in [0.05, 0.1) is 17.1 Å². The van der Waals surface area contributed by atoms with E-state index in [1.807, 2.05) is 30.3 Å². The van der Waals surface area contributed by atoms with Gasteiger partial charge in [0, 0.05) is 38.8 Å². The Labute approximate surface area is 178 Å². The number of non-ortho nitro benzene ring substituents is 1. The van der Waals surface area contributed by atoms with Crippen molar-refractivity contribution in [2.24, 2.45) is 0 Å². The summed E-state index contributed by atoms with van der Waals surface area (Å²) in [7, 11) is 1.77. The van der Waals surface area contributed by atoms with Crippen molar-refractivity contribution < 1.29 is 14.8 Å². The van der Waals surface area contributed by atoms with Crippen molar-refractivity contribution in [3.63, 3.8) is 0 Å². The summed E-state index contributed by atoms with van der Waals surface area (Å²) in [6.07, 6.45) is 0.416. The van der Waals surface area contributed by atoms with Crippen molar-refractivity contribution in [2.75, 3.05) is 26.7 Å². The highest BCUT2D eigenvalue weighted by Gasteiger charge is 2.31. The maximum Gasteiger partial charge on any atom is 0.269 e. The number of nitro benzene ring substituents is 1. The number of aliphatic hydroxyl groups excluding tert-OH is 1. The number of nitrogens with zero attached hydrogens (tertiary/aromatic N) is 3. The topological polar surface area (TPSA) is 86.9 Å². The third-order valence-electron chi connectivity index (χ3n) is 5.29. The minimum Gasteiger partial charge on any atom is -0.392 e. The Bertz CT molecular complexity index is 847. The van der Waals surface area contributed by atoms with Gasteiger partial charge in [0.1, 0.15) is 4.83 Å². The molecule has 1 aliphatic rings. The van der Waals surface area contributed by atoms with Crippen molar-refractivity contribution in [1.82, 2.24) is 9.80 Å². The first-order chi connectivity index (χ1) is 13.9. The molecule has 2 aromatic carbocycles. The van der Waals surface area contributed by atoms with Crippen LogP contribution in [0.2, 0.25) is 0 Å².